The van der Waals surface area contributed by atoms with Crippen molar-refractivity contribution < 1.29 is 13.5 Å². The molecule has 1 nitrogen and oxygen atoms in total. The minimum Gasteiger partial charge on any atom is -0.484 e. The van der Waals surface area contributed by atoms with Crippen LogP contribution >= 0.6 is 0 Å². The third kappa shape index (κ3) is 1.40. The predicted molar refractivity (Wildman–Crippen MR) is 39.3 cm³/mol. The Hall–Kier alpha value is -1.12. The number of halogens is 2. The van der Waals surface area contributed by atoms with E-state index in [1.807, 2.05) is 0 Å². The van der Waals surface area contributed by atoms with E-state index in [-0.39, 0.29) is 6.42 Å². The van der Waals surface area contributed by atoms with Gasteiger partial charge >= 0.3 is 0 Å². The second-order valence-corrected chi connectivity index (χ2v) is 2.81. The quantitative estimate of drug-likeness (QED) is 0.659. The van der Waals surface area contributed by atoms with Crippen molar-refractivity contribution >= 4 is 0 Å². The third-order valence-electron chi connectivity index (χ3n) is 1.73. The van der Waals surface area contributed by atoms with E-state index in [9.17, 15) is 8.78 Å². The van der Waals surface area contributed by atoms with Gasteiger partial charge in [0.2, 0.25) is 0 Å². The summed E-state index contributed by atoms with van der Waals surface area (Å²) < 4.78 is 29.7. The summed E-state index contributed by atoms with van der Waals surface area (Å²) in [5.74, 6) is -2.13. The topological polar surface area (TPSA) is 9.23 Å². The standard InChI is InChI=1S/C9H7F2O/c10-9(11)6-8(9)12-7-4-2-1-3-5-7/h2-5,8H,6H2. The van der Waals surface area contributed by atoms with Gasteiger partial charge in [-0.3, -0.25) is 0 Å². The van der Waals surface area contributed by atoms with E-state index in [1.165, 1.54) is 0 Å². The Bertz CT molecular complexity index is 271. The molecule has 12 heavy (non-hydrogen) atoms. The zero-order chi connectivity index (χ0) is 8.60. The van der Waals surface area contributed by atoms with Crippen LogP contribution in [-0.2, 0) is 0 Å². The fourth-order valence-electron chi connectivity index (χ4n) is 0.931. The van der Waals surface area contributed by atoms with Gasteiger partial charge in [0, 0.05) is 0 Å². The van der Waals surface area contributed by atoms with Gasteiger partial charge in [0.15, 0.2) is 6.10 Å². The molecule has 3 heteroatoms. The Morgan fingerprint density at radius 3 is 2.50 bits per heavy atom. The maximum atomic E-state index is 12.3. The summed E-state index contributed by atoms with van der Waals surface area (Å²) in [5.41, 5.74) is 0. The second-order valence-electron chi connectivity index (χ2n) is 2.81. The number of alkyl halides is 2. The van der Waals surface area contributed by atoms with Crippen LogP contribution in [0.4, 0.5) is 8.78 Å². The SMILES string of the molecule is FC1(F)CC1Oc1cc[c]cc1. The average molecular weight is 169 g/mol. The smallest absolute Gasteiger partial charge is 0.288 e. The normalized spacial score (nSPS) is 25.0. The summed E-state index contributed by atoms with van der Waals surface area (Å²) >= 11 is 0. The first-order valence-corrected chi connectivity index (χ1v) is 3.69. The van der Waals surface area contributed by atoms with Crippen LogP contribution in [0.1, 0.15) is 6.42 Å². The Morgan fingerprint density at radius 1 is 1.42 bits per heavy atom. The summed E-state index contributed by atoms with van der Waals surface area (Å²) in [7, 11) is 0. The van der Waals surface area contributed by atoms with Gasteiger partial charge in [0.05, 0.1) is 6.42 Å². The lowest BCUT2D eigenvalue weighted by Gasteiger charge is -2.02. The molecule has 0 bridgehead atoms. The summed E-state index contributed by atoms with van der Waals surface area (Å²) in [6.45, 7) is 0. The molecule has 1 aromatic rings. The molecule has 1 fully saturated rings. The fourth-order valence-corrected chi connectivity index (χ4v) is 0.931. The Balaban J connectivity index is 1.98. The summed E-state index contributed by atoms with van der Waals surface area (Å²) in [4.78, 5) is 0. The first-order chi connectivity index (χ1) is 5.68. The van der Waals surface area contributed by atoms with Crippen LogP contribution in [-0.4, -0.2) is 12.0 Å². The van der Waals surface area contributed by atoms with Gasteiger partial charge in [-0.15, -0.1) is 0 Å². The second kappa shape index (κ2) is 2.44. The lowest BCUT2D eigenvalue weighted by Crippen LogP contribution is -2.06. The van der Waals surface area contributed by atoms with E-state index in [0.717, 1.165) is 0 Å². The van der Waals surface area contributed by atoms with Gasteiger partial charge in [0.25, 0.3) is 5.92 Å². The number of hydrogen-bond acceptors (Lipinski definition) is 1. The van der Waals surface area contributed by atoms with Crippen molar-refractivity contribution in [3.63, 3.8) is 0 Å². The maximum Gasteiger partial charge on any atom is 0.288 e. The van der Waals surface area contributed by atoms with Crippen molar-refractivity contribution in [1.82, 2.24) is 0 Å². The van der Waals surface area contributed by atoms with Gasteiger partial charge in [-0.05, 0) is 18.2 Å². The van der Waals surface area contributed by atoms with E-state index in [1.54, 1.807) is 24.3 Å². The summed E-state index contributed by atoms with van der Waals surface area (Å²) in [5, 5.41) is 0. The lowest BCUT2D eigenvalue weighted by molar-refractivity contribution is 0.0665. The van der Waals surface area contributed by atoms with Crippen LogP contribution in [0.15, 0.2) is 24.3 Å². The largest absolute Gasteiger partial charge is 0.484 e. The van der Waals surface area contributed by atoms with Crippen molar-refractivity contribution in [3.05, 3.63) is 30.3 Å². The summed E-state index contributed by atoms with van der Waals surface area (Å²) in [6.07, 6.45) is -1.08. The first-order valence-electron chi connectivity index (χ1n) is 3.69. The molecule has 0 aliphatic heterocycles. The Labute approximate surface area is 69.0 Å². The van der Waals surface area contributed by atoms with Gasteiger partial charge in [0.1, 0.15) is 5.75 Å². The third-order valence-corrected chi connectivity index (χ3v) is 1.73. The van der Waals surface area contributed by atoms with Crippen LogP contribution in [0.25, 0.3) is 0 Å². The molecule has 0 N–H and O–H groups in total. The van der Waals surface area contributed by atoms with Crippen molar-refractivity contribution in [2.24, 2.45) is 0 Å². The minimum absolute atomic E-state index is 0.161. The van der Waals surface area contributed by atoms with Gasteiger partial charge in [-0.25, -0.2) is 8.78 Å². The van der Waals surface area contributed by atoms with E-state index in [0.29, 0.717) is 5.75 Å². The van der Waals surface area contributed by atoms with Crippen molar-refractivity contribution in [2.45, 2.75) is 18.4 Å². The molecule has 1 aliphatic rings. The summed E-state index contributed by atoms with van der Waals surface area (Å²) in [6, 6.07) is 9.29. The number of ether oxygens (including phenoxy) is 1. The highest BCUT2D eigenvalue weighted by Gasteiger charge is 2.59. The van der Waals surface area contributed by atoms with Crippen molar-refractivity contribution in [2.75, 3.05) is 0 Å². The Kier molecular flexibility index (Phi) is 1.53. The molecule has 0 amide bonds. The number of rotatable bonds is 2. The molecule has 1 saturated carbocycles. The van der Waals surface area contributed by atoms with E-state index in [4.69, 9.17) is 4.74 Å². The molecule has 1 aromatic carbocycles. The van der Waals surface area contributed by atoms with Crippen LogP contribution in [0, 0.1) is 6.07 Å². The van der Waals surface area contributed by atoms with Crippen molar-refractivity contribution in [3.8, 4) is 5.75 Å². The molecule has 1 unspecified atom stereocenters. The molecule has 0 spiro atoms. The highest BCUT2D eigenvalue weighted by atomic mass is 19.3. The molecule has 0 heterocycles. The monoisotopic (exact) mass is 169 g/mol. The zero-order valence-corrected chi connectivity index (χ0v) is 6.26. The first kappa shape index (κ1) is 7.53. The predicted octanol–water partition coefficient (Wildman–Crippen LogP) is 2.27. The zero-order valence-electron chi connectivity index (χ0n) is 6.26. The van der Waals surface area contributed by atoms with E-state index < -0.39 is 12.0 Å². The molecule has 0 saturated heterocycles. The van der Waals surface area contributed by atoms with Crippen molar-refractivity contribution in [1.29, 1.82) is 0 Å². The number of benzene rings is 1. The number of hydrogen-bond donors (Lipinski definition) is 0. The highest BCUT2D eigenvalue weighted by molar-refractivity contribution is 5.22. The minimum atomic E-state index is -2.61. The molecule has 1 radical (unpaired) electrons. The molecule has 2 rings (SSSR count). The maximum absolute atomic E-state index is 12.3. The molecular weight excluding hydrogens is 162 g/mol. The van der Waals surface area contributed by atoms with Gasteiger partial charge in [-0.2, -0.15) is 0 Å². The molecule has 1 atom stereocenters. The molecule has 1 aliphatic carbocycles. The molecular formula is C9H7F2O. The molecule has 0 aromatic heterocycles. The van der Waals surface area contributed by atoms with E-state index in [2.05, 4.69) is 6.07 Å². The van der Waals surface area contributed by atoms with Crippen LogP contribution in [0.3, 0.4) is 0 Å². The fraction of sp³-hybridized carbons (Fsp3) is 0.333. The molecule has 63 valence electrons. The van der Waals surface area contributed by atoms with E-state index >= 15 is 0 Å². The highest BCUT2D eigenvalue weighted by Crippen LogP contribution is 2.44. The van der Waals surface area contributed by atoms with Crippen LogP contribution in [0.5, 0.6) is 5.75 Å². The van der Waals surface area contributed by atoms with Gasteiger partial charge < -0.3 is 4.74 Å². The lowest BCUT2D eigenvalue weighted by atomic mass is 10.3. The van der Waals surface area contributed by atoms with Crippen LogP contribution in [0.2, 0.25) is 0 Å². The Morgan fingerprint density at radius 2 is 2.00 bits per heavy atom. The van der Waals surface area contributed by atoms with Gasteiger partial charge in [-0.1, -0.05) is 12.1 Å². The average Bonchev–Trinajstić information content (AvgIpc) is 2.61. The van der Waals surface area contributed by atoms with Crippen LogP contribution < -0.4 is 4.74 Å².